The number of thioether (sulfide) groups is 1. The first-order chi connectivity index (χ1) is 13.1. The first-order valence-electron chi connectivity index (χ1n) is 8.19. The molecule has 2 heterocycles. The Morgan fingerprint density at radius 2 is 1.96 bits per heavy atom. The van der Waals surface area contributed by atoms with Gasteiger partial charge in [0.25, 0.3) is 0 Å². The van der Waals surface area contributed by atoms with E-state index < -0.39 is 0 Å². The summed E-state index contributed by atoms with van der Waals surface area (Å²) in [5.74, 6) is 0.686. The second kappa shape index (κ2) is 7.93. The molecule has 0 fully saturated rings. The van der Waals surface area contributed by atoms with Crippen LogP contribution in [0.4, 0.5) is 4.39 Å². The Bertz CT molecular complexity index is 1050. The van der Waals surface area contributed by atoms with Gasteiger partial charge in [-0.25, -0.2) is 4.39 Å². The molecule has 138 valence electrons. The van der Waals surface area contributed by atoms with E-state index in [1.54, 1.807) is 16.6 Å². The summed E-state index contributed by atoms with van der Waals surface area (Å²) in [6.07, 6.45) is 0.645. The minimum absolute atomic E-state index is 0.316. The Labute approximate surface area is 168 Å². The van der Waals surface area contributed by atoms with E-state index in [2.05, 4.69) is 15.3 Å². The van der Waals surface area contributed by atoms with Crippen LogP contribution in [0.3, 0.4) is 0 Å². The highest BCUT2D eigenvalue weighted by molar-refractivity contribution is 8.00. The zero-order valence-corrected chi connectivity index (χ0v) is 16.4. The van der Waals surface area contributed by atoms with E-state index in [9.17, 15) is 4.39 Å². The maximum atomic E-state index is 13.9. The minimum Gasteiger partial charge on any atom is -0.321 e. The maximum Gasteiger partial charge on any atom is 0.235 e. The summed E-state index contributed by atoms with van der Waals surface area (Å²) in [5.41, 5.74) is 7.91. The van der Waals surface area contributed by atoms with Crippen molar-refractivity contribution < 1.29 is 4.39 Å². The second-order valence-corrected chi connectivity index (χ2v) is 8.49. The molecule has 0 aliphatic heterocycles. The largest absolute Gasteiger partial charge is 0.321 e. The summed E-state index contributed by atoms with van der Waals surface area (Å²) in [6, 6.07) is 14.3. The van der Waals surface area contributed by atoms with E-state index in [1.165, 1.54) is 29.2 Å². The van der Waals surface area contributed by atoms with Crippen molar-refractivity contribution in [3.05, 3.63) is 76.3 Å². The number of fused-ring (bicyclic) bond motifs is 1. The van der Waals surface area contributed by atoms with Crippen LogP contribution in [-0.2, 0) is 12.2 Å². The Hall–Kier alpha value is -2.00. The average molecular weight is 420 g/mol. The maximum absolute atomic E-state index is 13.9. The second-order valence-electron chi connectivity index (χ2n) is 5.91. The molecule has 5 nitrogen and oxygen atoms in total. The van der Waals surface area contributed by atoms with Gasteiger partial charge >= 0.3 is 0 Å². The zero-order chi connectivity index (χ0) is 18.8. The highest BCUT2D eigenvalue weighted by atomic mass is 35.5. The Morgan fingerprint density at radius 3 is 2.74 bits per heavy atom. The SMILES string of the molecule is NC(Cc1ccccc1)c1nnc2sc(SCc3c(F)cccc3Cl)nn12. The van der Waals surface area contributed by atoms with Crippen LogP contribution in [0.15, 0.2) is 52.9 Å². The molecule has 0 bridgehead atoms. The molecule has 0 saturated carbocycles. The number of nitrogens with two attached hydrogens (primary N) is 1. The van der Waals surface area contributed by atoms with Gasteiger partial charge in [0.15, 0.2) is 10.2 Å². The monoisotopic (exact) mass is 419 g/mol. The van der Waals surface area contributed by atoms with Gasteiger partial charge in [0.05, 0.1) is 6.04 Å². The zero-order valence-electron chi connectivity index (χ0n) is 14.0. The van der Waals surface area contributed by atoms with Crippen molar-refractivity contribution in [2.45, 2.75) is 22.6 Å². The molecule has 0 aliphatic rings. The van der Waals surface area contributed by atoms with Crippen molar-refractivity contribution in [1.82, 2.24) is 19.8 Å². The predicted octanol–water partition coefficient (Wildman–Crippen LogP) is 4.51. The standard InChI is InChI=1S/C18H15ClFN5S2/c19-13-7-4-8-14(20)12(13)10-26-18-24-25-16(22-23-17(25)27-18)15(21)9-11-5-2-1-3-6-11/h1-8,15H,9-10,21H2. The van der Waals surface area contributed by atoms with E-state index >= 15 is 0 Å². The molecular weight excluding hydrogens is 405 g/mol. The molecule has 27 heavy (non-hydrogen) atoms. The van der Waals surface area contributed by atoms with E-state index in [-0.39, 0.29) is 11.9 Å². The van der Waals surface area contributed by atoms with Crippen molar-refractivity contribution in [3.63, 3.8) is 0 Å². The van der Waals surface area contributed by atoms with E-state index in [1.807, 2.05) is 30.3 Å². The number of halogens is 2. The predicted molar refractivity (Wildman–Crippen MR) is 107 cm³/mol. The number of hydrogen-bond donors (Lipinski definition) is 1. The van der Waals surface area contributed by atoms with Gasteiger partial charge in [0.1, 0.15) is 5.82 Å². The van der Waals surface area contributed by atoms with Gasteiger partial charge in [-0.15, -0.1) is 15.3 Å². The van der Waals surface area contributed by atoms with E-state index in [0.29, 0.717) is 33.5 Å². The Balaban J connectivity index is 1.52. The van der Waals surface area contributed by atoms with Crippen LogP contribution in [0.2, 0.25) is 5.02 Å². The van der Waals surface area contributed by atoms with Crippen LogP contribution in [0.25, 0.3) is 4.96 Å². The molecule has 0 aliphatic carbocycles. The molecule has 4 rings (SSSR count). The number of hydrogen-bond acceptors (Lipinski definition) is 6. The van der Waals surface area contributed by atoms with Crippen LogP contribution in [0, 0.1) is 5.82 Å². The van der Waals surface area contributed by atoms with Crippen LogP contribution in [0.5, 0.6) is 0 Å². The molecule has 9 heteroatoms. The Kier molecular flexibility index (Phi) is 5.40. The molecule has 4 aromatic rings. The van der Waals surface area contributed by atoms with Gasteiger partial charge in [-0.05, 0) is 24.1 Å². The van der Waals surface area contributed by atoms with Crippen LogP contribution >= 0.6 is 34.7 Å². The molecule has 0 radical (unpaired) electrons. The lowest BCUT2D eigenvalue weighted by molar-refractivity contribution is 0.617. The molecule has 2 aromatic heterocycles. The number of nitrogens with zero attached hydrogens (tertiary/aromatic N) is 4. The van der Waals surface area contributed by atoms with Gasteiger partial charge in [-0.1, -0.05) is 71.1 Å². The van der Waals surface area contributed by atoms with Gasteiger partial charge < -0.3 is 5.73 Å². The fourth-order valence-electron chi connectivity index (χ4n) is 2.67. The molecule has 0 amide bonds. The van der Waals surface area contributed by atoms with Crippen molar-refractivity contribution in [2.75, 3.05) is 0 Å². The fraction of sp³-hybridized carbons (Fsp3) is 0.167. The van der Waals surface area contributed by atoms with Crippen LogP contribution < -0.4 is 5.73 Å². The third-order valence-electron chi connectivity index (χ3n) is 4.03. The molecule has 1 atom stereocenters. The normalized spacial score (nSPS) is 12.6. The summed E-state index contributed by atoms with van der Waals surface area (Å²) >= 11 is 8.89. The molecule has 2 N–H and O–H groups in total. The van der Waals surface area contributed by atoms with Crippen molar-refractivity contribution in [2.24, 2.45) is 5.73 Å². The van der Waals surface area contributed by atoms with E-state index in [0.717, 1.165) is 9.90 Å². The van der Waals surface area contributed by atoms with Gasteiger partial charge in [0.2, 0.25) is 4.96 Å². The fourth-order valence-corrected chi connectivity index (χ4v) is 4.89. The van der Waals surface area contributed by atoms with Crippen LogP contribution in [-0.4, -0.2) is 19.8 Å². The average Bonchev–Trinajstić information content (AvgIpc) is 3.22. The highest BCUT2D eigenvalue weighted by Crippen LogP contribution is 2.31. The molecule has 2 aromatic carbocycles. The topological polar surface area (TPSA) is 69.1 Å². The highest BCUT2D eigenvalue weighted by Gasteiger charge is 2.19. The summed E-state index contributed by atoms with van der Waals surface area (Å²) in [6.45, 7) is 0. The number of aromatic nitrogens is 4. The van der Waals surface area contributed by atoms with Crippen molar-refractivity contribution in [1.29, 1.82) is 0 Å². The first kappa shape index (κ1) is 18.4. The van der Waals surface area contributed by atoms with E-state index in [4.69, 9.17) is 17.3 Å². The molecule has 0 spiro atoms. The van der Waals surface area contributed by atoms with Crippen molar-refractivity contribution in [3.8, 4) is 0 Å². The smallest absolute Gasteiger partial charge is 0.235 e. The lowest BCUT2D eigenvalue weighted by Crippen LogP contribution is -2.17. The minimum atomic E-state index is -0.316. The van der Waals surface area contributed by atoms with Gasteiger partial charge in [-0.3, -0.25) is 0 Å². The quantitative estimate of drug-likeness (QED) is 0.465. The third-order valence-corrected chi connectivity index (χ3v) is 6.44. The third kappa shape index (κ3) is 3.98. The summed E-state index contributed by atoms with van der Waals surface area (Å²) < 4.78 is 16.3. The van der Waals surface area contributed by atoms with Crippen LogP contribution in [0.1, 0.15) is 23.0 Å². The van der Waals surface area contributed by atoms with Crippen molar-refractivity contribution >= 4 is 39.7 Å². The summed E-state index contributed by atoms with van der Waals surface area (Å²) in [7, 11) is 0. The number of rotatable bonds is 6. The lowest BCUT2D eigenvalue weighted by Gasteiger charge is -2.08. The van der Waals surface area contributed by atoms with Gasteiger partial charge in [-0.2, -0.15) is 4.52 Å². The lowest BCUT2D eigenvalue weighted by atomic mass is 10.1. The number of benzene rings is 2. The van der Waals surface area contributed by atoms with Gasteiger partial charge in [0, 0.05) is 16.3 Å². The molecule has 1 unspecified atom stereocenters. The Morgan fingerprint density at radius 1 is 1.15 bits per heavy atom. The summed E-state index contributed by atoms with van der Waals surface area (Å²) in [4.78, 5) is 0.663. The summed E-state index contributed by atoms with van der Waals surface area (Å²) in [5, 5.41) is 13.3. The molecule has 0 saturated heterocycles. The first-order valence-corrected chi connectivity index (χ1v) is 10.4. The molecular formula is C18H15ClFN5S2.